The molecule has 1 aliphatic heterocycles. The Hall–Kier alpha value is -1.18. The Kier molecular flexibility index (Phi) is 2.74. The van der Waals surface area contributed by atoms with Crippen molar-refractivity contribution in [1.29, 1.82) is 0 Å². The number of hydrogen-bond donors (Lipinski definition) is 0. The zero-order valence-corrected chi connectivity index (χ0v) is 7.43. The highest BCUT2D eigenvalue weighted by Crippen LogP contribution is 2.27. The maximum atomic E-state index is 11.8. The van der Waals surface area contributed by atoms with Crippen LogP contribution in [0.5, 0.6) is 0 Å². The van der Waals surface area contributed by atoms with Crippen molar-refractivity contribution in [2.24, 2.45) is 0 Å². The number of hydrogen-bond acceptors (Lipinski definition) is 4. The molecule has 0 saturated heterocycles. The summed E-state index contributed by atoms with van der Waals surface area (Å²) in [6, 6.07) is 0. The lowest BCUT2D eigenvalue weighted by atomic mass is 10.4. The summed E-state index contributed by atoms with van der Waals surface area (Å²) in [5, 5.41) is 0. The predicted molar refractivity (Wildman–Crippen MR) is 39.2 cm³/mol. The van der Waals surface area contributed by atoms with E-state index in [1.807, 2.05) is 0 Å². The van der Waals surface area contributed by atoms with E-state index in [0.717, 1.165) is 18.4 Å². The Morgan fingerprint density at radius 1 is 1.43 bits per heavy atom. The smallest absolute Gasteiger partial charge is 0.497 e. The second-order valence-corrected chi connectivity index (χ2v) is 3.76. The molecule has 0 aromatic heterocycles. The van der Waals surface area contributed by atoms with Crippen LogP contribution in [-0.4, -0.2) is 20.5 Å². The monoisotopic (exact) mass is 230 g/mol. The maximum absolute atomic E-state index is 11.8. The number of allylic oxidation sites excluding steroid dienone is 1. The van der Waals surface area contributed by atoms with Gasteiger partial charge in [0.15, 0.2) is 0 Å². The molecule has 0 spiro atoms. The van der Waals surface area contributed by atoms with Crippen molar-refractivity contribution in [1.82, 2.24) is 0 Å². The van der Waals surface area contributed by atoms with Gasteiger partial charge in [0, 0.05) is 6.08 Å². The van der Waals surface area contributed by atoms with E-state index in [1.165, 1.54) is 0 Å². The van der Waals surface area contributed by atoms with Gasteiger partial charge in [-0.3, -0.25) is 0 Å². The van der Waals surface area contributed by atoms with Crippen molar-refractivity contribution in [3.8, 4) is 0 Å². The van der Waals surface area contributed by atoms with Crippen molar-refractivity contribution >= 4 is 10.1 Å². The fourth-order valence-electron chi connectivity index (χ4n) is 0.605. The van der Waals surface area contributed by atoms with Crippen LogP contribution in [0.3, 0.4) is 0 Å². The zero-order valence-electron chi connectivity index (χ0n) is 6.61. The summed E-state index contributed by atoms with van der Waals surface area (Å²) in [5.74, 6) is -0.409. The fourth-order valence-corrected chi connectivity index (χ4v) is 1.08. The number of halogens is 3. The minimum Gasteiger partial charge on any atom is -0.497 e. The summed E-state index contributed by atoms with van der Waals surface area (Å²) in [7, 11) is -5.57. The first-order valence-corrected chi connectivity index (χ1v) is 4.73. The Morgan fingerprint density at radius 2 is 2.07 bits per heavy atom. The number of rotatable bonds is 2. The molecule has 0 unspecified atom stereocenters. The first kappa shape index (κ1) is 10.9. The summed E-state index contributed by atoms with van der Waals surface area (Å²) in [6.07, 6.45) is 3.09. The van der Waals surface area contributed by atoms with E-state index in [9.17, 15) is 21.6 Å². The molecule has 0 saturated carbocycles. The standard InChI is InChI=1S/C6H5F3O4S/c7-6(8,9)14(10,11)13-5-1-3-12-4-2-5/h1-3H,4H2. The minimum atomic E-state index is -5.57. The van der Waals surface area contributed by atoms with Gasteiger partial charge in [-0.05, 0) is 6.08 Å². The Labute approximate surface area is 77.7 Å². The summed E-state index contributed by atoms with van der Waals surface area (Å²) in [6.45, 7) is -0.0286. The molecular weight excluding hydrogens is 225 g/mol. The lowest BCUT2D eigenvalue weighted by Gasteiger charge is -2.11. The average molecular weight is 230 g/mol. The molecule has 0 aromatic rings. The molecule has 1 aliphatic rings. The molecule has 14 heavy (non-hydrogen) atoms. The highest BCUT2D eigenvalue weighted by Gasteiger charge is 2.48. The third-order valence-electron chi connectivity index (χ3n) is 1.20. The van der Waals surface area contributed by atoms with E-state index >= 15 is 0 Å². The van der Waals surface area contributed by atoms with Gasteiger partial charge in [-0.15, -0.1) is 0 Å². The Balaban J connectivity index is 2.79. The van der Waals surface area contributed by atoms with E-state index in [0.29, 0.717) is 0 Å². The van der Waals surface area contributed by atoms with E-state index in [2.05, 4.69) is 8.92 Å². The van der Waals surface area contributed by atoms with Crippen molar-refractivity contribution < 1.29 is 30.5 Å². The van der Waals surface area contributed by atoms with Crippen molar-refractivity contribution in [2.75, 3.05) is 6.61 Å². The van der Waals surface area contributed by atoms with E-state index in [4.69, 9.17) is 0 Å². The molecule has 1 rings (SSSR count). The zero-order chi connectivity index (χ0) is 10.8. The van der Waals surface area contributed by atoms with Gasteiger partial charge in [0.2, 0.25) is 0 Å². The van der Waals surface area contributed by atoms with Crippen LogP contribution in [0.2, 0.25) is 0 Å². The highest BCUT2D eigenvalue weighted by molar-refractivity contribution is 7.87. The number of alkyl halides is 3. The molecule has 0 bridgehead atoms. The van der Waals surface area contributed by atoms with Crippen LogP contribution < -0.4 is 0 Å². The second kappa shape index (κ2) is 3.52. The average Bonchev–Trinajstić information content (AvgIpc) is 2.03. The third kappa shape index (κ3) is 2.41. The molecule has 80 valence electrons. The van der Waals surface area contributed by atoms with Gasteiger partial charge in [-0.2, -0.15) is 21.6 Å². The molecule has 0 radical (unpaired) electrons. The van der Waals surface area contributed by atoms with Gasteiger partial charge in [0.1, 0.15) is 12.4 Å². The lowest BCUT2D eigenvalue weighted by Crippen LogP contribution is -2.25. The van der Waals surface area contributed by atoms with Gasteiger partial charge in [0.25, 0.3) is 0 Å². The van der Waals surface area contributed by atoms with Crippen LogP contribution in [-0.2, 0) is 19.0 Å². The first-order chi connectivity index (χ1) is 6.33. The van der Waals surface area contributed by atoms with Crippen molar-refractivity contribution in [2.45, 2.75) is 5.51 Å². The molecule has 4 nitrogen and oxygen atoms in total. The maximum Gasteiger partial charge on any atom is 0.534 e. The van der Waals surface area contributed by atoms with Crippen LogP contribution in [0.25, 0.3) is 0 Å². The fraction of sp³-hybridized carbons (Fsp3) is 0.333. The quantitative estimate of drug-likeness (QED) is 0.529. The first-order valence-electron chi connectivity index (χ1n) is 3.32. The molecule has 0 amide bonds. The van der Waals surface area contributed by atoms with E-state index in [-0.39, 0.29) is 6.61 Å². The predicted octanol–water partition coefficient (Wildman–Crippen LogP) is 1.28. The van der Waals surface area contributed by atoms with Crippen LogP contribution >= 0.6 is 0 Å². The lowest BCUT2D eigenvalue weighted by molar-refractivity contribution is -0.0520. The van der Waals surface area contributed by atoms with Gasteiger partial charge < -0.3 is 8.92 Å². The van der Waals surface area contributed by atoms with Gasteiger partial charge >= 0.3 is 15.6 Å². The van der Waals surface area contributed by atoms with E-state index < -0.39 is 21.4 Å². The molecule has 0 fully saturated rings. The van der Waals surface area contributed by atoms with Crippen LogP contribution in [0.1, 0.15) is 0 Å². The van der Waals surface area contributed by atoms with Crippen LogP contribution in [0.4, 0.5) is 13.2 Å². The third-order valence-corrected chi connectivity index (χ3v) is 2.18. The van der Waals surface area contributed by atoms with Crippen LogP contribution in [0, 0.1) is 0 Å². The number of ether oxygens (including phenoxy) is 1. The topological polar surface area (TPSA) is 52.6 Å². The normalized spacial score (nSPS) is 17.2. The van der Waals surface area contributed by atoms with Gasteiger partial charge in [0.05, 0.1) is 6.26 Å². The molecule has 0 aromatic carbocycles. The SMILES string of the molecule is O=S(=O)(OC1=CCOC=C1)C(F)(F)F. The summed E-state index contributed by atoms with van der Waals surface area (Å²) in [5.41, 5.74) is -5.42. The highest BCUT2D eigenvalue weighted by atomic mass is 32.2. The summed E-state index contributed by atoms with van der Waals surface area (Å²) < 4.78 is 64.7. The molecular formula is C6H5F3O4S. The summed E-state index contributed by atoms with van der Waals surface area (Å²) in [4.78, 5) is 0. The van der Waals surface area contributed by atoms with Crippen molar-refractivity contribution in [3.63, 3.8) is 0 Å². The van der Waals surface area contributed by atoms with Gasteiger partial charge in [-0.1, -0.05) is 0 Å². The molecule has 0 atom stereocenters. The van der Waals surface area contributed by atoms with Crippen LogP contribution in [0.15, 0.2) is 24.2 Å². The Bertz CT molecular complexity index is 365. The van der Waals surface area contributed by atoms with E-state index in [1.54, 1.807) is 0 Å². The minimum absolute atomic E-state index is 0.0286. The summed E-state index contributed by atoms with van der Waals surface area (Å²) >= 11 is 0. The van der Waals surface area contributed by atoms with Crippen molar-refractivity contribution in [3.05, 3.63) is 24.2 Å². The Morgan fingerprint density at radius 3 is 2.50 bits per heavy atom. The second-order valence-electron chi connectivity index (χ2n) is 2.23. The largest absolute Gasteiger partial charge is 0.534 e. The van der Waals surface area contributed by atoms with Gasteiger partial charge in [-0.25, -0.2) is 0 Å². The molecule has 0 aliphatic carbocycles. The molecule has 8 heteroatoms. The molecule has 0 N–H and O–H groups in total. The molecule has 1 heterocycles.